The molecule has 5 nitrogen and oxygen atoms in total. The summed E-state index contributed by atoms with van der Waals surface area (Å²) in [6.07, 6.45) is -3.29. The molecule has 10 heteroatoms. The predicted octanol–water partition coefficient (Wildman–Crippen LogP) is 5.52. The second kappa shape index (κ2) is 9.06. The second-order valence-corrected chi connectivity index (χ2v) is 9.05. The number of thiophene rings is 1. The van der Waals surface area contributed by atoms with E-state index in [4.69, 9.17) is 0 Å². The van der Waals surface area contributed by atoms with Gasteiger partial charge in [-0.3, -0.25) is 9.48 Å². The monoisotopic (exact) mass is 488 g/mol. The zero-order valence-electron chi connectivity index (χ0n) is 18.2. The van der Waals surface area contributed by atoms with E-state index >= 15 is 0 Å². The Balaban J connectivity index is 1.88. The van der Waals surface area contributed by atoms with Crippen molar-refractivity contribution >= 4 is 17.2 Å². The van der Waals surface area contributed by atoms with Gasteiger partial charge in [0.05, 0.1) is 6.54 Å². The molecular formula is C24H20F4N4OS. The molecule has 176 valence electrons. The molecule has 0 aliphatic carbocycles. The minimum absolute atomic E-state index is 0.0566. The van der Waals surface area contributed by atoms with Gasteiger partial charge in [0.15, 0.2) is 5.69 Å². The number of nitrogens with zero attached hydrogens (tertiary/aromatic N) is 4. The van der Waals surface area contributed by atoms with Crippen LogP contribution in [0, 0.1) is 11.3 Å². The molecule has 4 rings (SSSR count). The van der Waals surface area contributed by atoms with Gasteiger partial charge in [-0.2, -0.15) is 23.5 Å². The van der Waals surface area contributed by atoms with Crippen LogP contribution in [0.5, 0.6) is 0 Å². The number of hydrogen-bond donors (Lipinski definition) is 0. The maximum absolute atomic E-state index is 13.8. The highest BCUT2D eigenvalue weighted by atomic mass is 32.1. The van der Waals surface area contributed by atoms with Crippen molar-refractivity contribution in [1.29, 1.82) is 5.26 Å². The highest BCUT2D eigenvalue weighted by Gasteiger charge is 2.39. The number of aromatic nitrogens is 2. The minimum atomic E-state index is -4.65. The van der Waals surface area contributed by atoms with Gasteiger partial charge in [-0.05, 0) is 29.7 Å². The van der Waals surface area contributed by atoms with Crippen LogP contribution in [-0.2, 0) is 24.1 Å². The Morgan fingerprint density at radius 2 is 2.03 bits per heavy atom. The smallest absolute Gasteiger partial charge is 0.333 e. The summed E-state index contributed by atoms with van der Waals surface area (Å²) in [5.41, 5.74) is 0.444. The molecule has 1 aliphatic heterocycles. The van der Waals surface area contributed by atoms with Crippen molar-refractivity contribution in [2.75, 3.05) is 13.2 Å². The van der Waals surface area contributed by atoms with E-state index in [1.54, 1.807) is 37.3 Å². The van der Waals surface area contributed by atoms with Crippen molar-refractivity contribution in [3.8, 4) is 17.2 Å². The van der Waals surface area contributed by atoms with E-state index in [0.29, 0.717) is 16.0 Å². The maximum atomic E-state index is 13.8. The molecule has 0 N–H and O–H groups in total. The average molecular weight is 489 g/mol. The summed E-state index contributed by atoms with van der Waals surface area (Å²) in [6.45, 7) is 4.76. The molecule has 0 radical (unpaired) electrons. The predicted molar refractivity (Wildman–Crippen MR) is 120 cm³/mol. The lowest BCUT2D eigenvalue weighted by Crippen LogP contribution is -2.39. The molecule has 34 heavy (non-hydrogen) atoms. The first-order chi connectivity index (χ1) is 16.2. The fourth-order valence-electron chi connectivity index (χ4n) is 4.21. The van der Waals surface area contributed by atoms with Crippen LogP contribution >= 0.6 is 11.3 Å². The molecular weight excluding hydrogens is 468 g/mol. The number of fused-ring (bicyclic) bond motifs is 1. The van der Waals surface area contributed by atoms with Crippen LogP contribution in [0.1, 0.15) is 39.4 Å². The first-order valence-electron chi connectivity index (χ1n) is 10.5. The largest absolute Gasteiger partial charge is 0.435 e. The number of alkyl halides is 4. The highest BCUT2D eigenvalue weighted by Crippen LogP contribution is 2.44. The molecule has 0 saturated heterocycles. The maximum Gasteiger partial charge on any atom is 0.435 e. The van der Waals surface area contributed by atoms with Gasteiger partial charge in [-0.15, -0.1) is 11.3 Å². The lowest BCUT2D eigenvalue weighted by molar-refractivity contribution is -0.141. The van der Waals surface area contributed by atoms with Gasteiger partial charge in [-0.1, -0.05) is 30.8 Å². The SMILES string of the molecule is C=C(CF)C(=O)N1Cc2sc(C#N)cc2[C@H](c2ccccc2-c2cn(CC)nc2C(F)(F)F)C1. The van der Waals surface area contributed by atoms with Crippen molar-refractivity contribution in [3.63, 3.8) is 0 Å². The number of carbonyl (C=O) groups is 1. The molecule has 0 saturated carbocycles. The molecule has 1 aromatic carbocycles. The summed E-state index contributed by atoms with van der Waals surface area (Å²) in [7, 11) is 0. The number of halogens is 4. The van der Waals surface area contributed by atoms with Crippen LogP contribution in [-0.4, -0.2) is 33.8 Å². The van der Waals surface area contributed by atoms with Crippen molar-refractivity contribution in [1.82, 2.24) is 14.7 Å². The molecule has 0 bridgehead atoms. The van der Waals surface area contributed by atoms with Crippen molar-refractivity contribution in [2.24, 2.45) is 0 Å². The Morgan fingerprint density at radius 1 is 1.29 bits per heavy atom. The van der Waals surface area contributed by atoms with E-state index in [1.807, 2.05) is 0 Å². The summed E-state index contributed by atoms with van der Waals surface area (Å²) < 4.78 is 55.9. The number of amides is 1. The van der Waals surface area contributed by atoms with Gasteiger partial charge in [0.2, 0.25) is 0 Å². The van der Waals surface area contributed by atoms with E-state index in [1.165, 1.54) is 27.1 Å². The normalized spacial score (nSPS) is 15.6. The van der Waals surface area contributed by atoms with Gasteiger partial charge in [0.1, 0.15) is 17.6 Å². The summed E-state index contributed by atoms with van der Waals surface area (Å²) in [5, 5.41) is 13.1. The summed E-state index contributed by atoms with van der Waals surface area (Å²) in [5.74, 6) is -1.07. The third-order valence-corrected chi connectivity index (χ3v) is 6.84. The number of rotatable bonds is 5. The van der Waals surface area contributed by atoms with E-state index in [-0.39, 0.29) is 30.8 Å². The zero-order chi connectivity index (χ0) is 24.6. The summed E-state index contributed by atoms with van der Waals surface area (Å²) in [4.78, 5) is 15.3. The van der Waals surface area contributed by atoms with E-state index in [2.05, 4.69) is 17.7 Å². The van der Waals surface area contributed by atoms with Crippen LogP contribution in [0.3, 0.4) is 0 Å². The van der Waals surface area contributed by atoms with Gasteiger partial charge in [0.25, 0.3) is 5.91 Å². The molecule has 1 aliphatic rings. The van der Waals surface area contributed by atoms with E-state index in [0.717, 1.165) is 10.4 Å². The zero-order valence-corrected chi connectivity index (χ0v) is 19.0. The van der Waals surface area contributed by atoms with Crippen molar-refractivity contribution in [2.45, 2.75) is 32.1 Å². The van der Waals surface area contributed by atoms with Crippen LogP contribution in [0.15, 0.2) is 48.7 Å². The van der Waals surface area contributed by atoms with Crippen molar-refractivity contribution in [3.05, 3.63) is 75.3 Å². The van der Waals surface area contributed by atoms with E-state index < -0.39 is 30.4 Å². The lowest BCUT2D eigenvalue weighted by atomic mass is 9.83. The topological polar surface area (TPSA) is 61.9 Å². The third kappa shape index (κ3) is 4.23. The summed E-state index contributed by atoms with van der Waals surface area (Å²) >= 11 is 1.22. The minimum Gasteiger partial charge on any atom is -0.333 e. The van der Waals surface area contributed by atoms with Crippen LogP contribution < -0.4 is 0 Å². The fourth-order valence-corrected chi connectivity index (χ4v) is 5.25. The van der Waals surface area contributed by atoms with Gasteiger partial charge < -0.3 is 4.90 Å². The Bertz CT molecular complexity index is 1300. The lowest BCUT2D eigenvalue weighted by Gasteiger charge is -2.34. The standard InChI is InChI=1S/C24H20F4N4OS/c1-3-32-12-20(22(30-32)24(26,27)28)17-7-5-4-6-16(17)19-11-31(23(33)14(2)9-25)13-21-18(19)8-15(10-29)34-21/h4-8,12,19H,2-3,9,11,13H2,1H3/t19-/m0/s1. The number of nitriles is 1. The number of hydrogen-bond acceptors (Lipinski definition) is 4. The third-order valence-electron chi connectivity index (χ3n) is 5.80. The van der Waals surface area contributed by atoms with Crippen LogP contribution in [0.25, 0.3) is 11.1 Å². The van der Waals surface area contributed by atoms with Gasteiger partial charge >= 0.3 is 6.18 Å². The molecule has 0 spiro atoms. The first-order valence-corrected chi connectivity index (χ1v) is 11.3. The quantitative estimate of drug-likeness (QED) is 0.351. The molecule has 0 unspecified atom stereocenters. The molecule has 3 aromatic rings. The number of carbonyl (C=O) groups excluding carboxylic acids is 1. The first kappa shape index (κ1) is 23.7. The van der Waals surface area contributed by atoms with Crippen molar-refractivity contribution < 1.29 is 22.4 Å². The Kier molecular flexibility index (Phi) is 6.32. The fraction of sp³-hybridized carbons (Fsp3) is 0.292. The molecule has 3 heterocycles. The second-order valence-electron chi connectivity index (χ2n) is 7.91. The Morgan fingerprint density at radius 3 is 2.68 bits per heavy atom. The van der Waals surface area contributed by atoms with Crippen LogP contribution in [0.2, 0.25) is 0 Å². The Labute approximate surface area is 197 Å². The number of aryl methyl sites for hydroxylation is 1. The molecule has 2 aromatic heterocycles. The van der Waals surface area contributed by atoms with Crippen LogP contribution in [0.4, 0.5) is 17.6 Å². The number of benzene rings is 1. The highest BCUT2D eigenvalue weighted by molar-refractivity contribution is 7.12. The average Bonchev–Trinajstić information content (AvgIpc) is 3.46. The summed E-state index contributed by atoms with van der Waals surface area (Å²) in [6, 6.07) is 10.5. The molecule has 1 amide bonds. The van der Waals surface area contributed by atoms with Gasteiger partial charge in [-0.25, -0.2) is 4.39 Å². The molecule has 0 fully saturated rings. The Hall–Kier alpha value is -3.45. The molecule has 1 atom stereocenters. The van der Waals surface area contributed by atoms with Gasteiger partial charge in [0, 0.05) is 41.2 Å². The van der Waals surface area contributed by atoms with E-state index in [9.17, 15) is 27.6 Å².